The number of aromatic nitrogens is 1. The van der Waals surface area contributed by atoms with Crippen LogP contribution in [0, 0.1) is 0 Å². The second kappa shape index (κ2) is 5.54. The van der Waals surface area contributed by atoms with E-state index in [0.29, 0.717) is 25.2 Å². The topological polar surface area (TPSA) is 73.4 Å². The quantitative estimate of drug-likeness (QED) is 0.871. The third kappa shape index (κ3) is 2.73. The van der Waals surface area contributed by atoms with Crippen LogP contribution in [0.2, 0.25) is 0 Å². The summed E-state index contributed by atoms with van der Waals surface area (Å²) in [6.45, 7) is 0.776. The molecule has 1 atom stereocenters. The fraction of sp³-hybridized carbons (Fsp3) is 0.250. The molecule has 1 aromatic heterocycles. The van der Waals surface area contributed by atoms with Crippen LogP contribution < -0.4 is 5.56 Å². The first-order chi connectivity index (χ1) is 10.1. The first kappa shape index (κ1) is 13.6. The van der Waals surface area contributed by atoms with Crippen molar-refractivity contribution in [2.75, 3.05) is 13.1 Å². The molecule has 3 rings (SSSR count). The first-order valence-corrected chi connectivity index (χ1v) is 6.91. The molecular weight excluding hydrogens is 268 g/mol. The second-order valence-electron chi connectivity index (χ2n) is 5.17. The smallest absolute Gasteiger partial charge is 0.261 e. The molecule has 0 bridgehead atoms. The van der Waals surface area contributed by atoms with Crippen molar-refractivity contribution in [3.8, 4) is 11.3 Å². The number of pyridine rings is 1. The first-order valence-electron chi connectivity index (χ1n) is 6.91. The van der Waals surface area contributed by atoms with Crippen LogP contribution in [-0.4, -0.2) is 40.1 Å². The SMILES string of the molecule is O=C(c1ccc(-c2ccccc2)[nH]c1=O)N1CC[C@@H](O)C1. The monoisotopic (exact) mass is 284 g/mol. The van der Waals surface area contributed by atoms with E-state index in [9.17, 15) is 14.7 Å². The number of hydrogen-bond donors (Lipinski definition) is 2. The summed E-state index contributed by atoms with van der Waals surface area (Å²) < 4.78 is 0. The van der Waals surface area contributed by atoms with Gasteiger partial charge < -0.3 is 15.0 Å². The fourth-order valence-electron chi connectivity index (χ4n) is 2.52. The lowest BCUT2D eigenvalue weighted by Gasteiger charge is -2.15. The molecule has 0 spiro atoms. The minimum atomic E-state index is -0.489. The number of likely N-dealkylation sites (tertiary alicyclic amines) is 1. The van der Waals surface area contributed by atoms with Gasteiger partial charge in [-0.3, -0.25) is 9.59 Å². The number of nitrogens with zero attached hydrogens (tertiary/aromatic N) is 1. The molecule has 1 aliphatic heterocycles. The summed E-state index contributed by atoms with van der Waals surface area (Å²) in [7, 11) is 0. The molecular formula is C16H16N2O3. The van der Waals surface area contributed by atoms with Gasteiger partial charge in [-0.05, 0) is 24.1 Å². The van der Waals surface area contributed by atoms with Crippen molar-refractivity contribution in [2.24, 2.45) is 0 Å². The van der Waals surface area contributed by atoms with Gasteiger partial charge in [0.05, 0.1) is 6.10 Å². The van der Waals surface area contributed by atoms with Crippen molar-refractivity contribution in [3.05, 3.63) is 58.4 Å². The highest BCUT2D eigenvalue weighted by molar-refractivity contribution is 5.94. The zero-order chi connectivity index (χ0) is 14.8. The largest absolute Gasteiger partial charge is 0.391 e. The molecule has 108 valence electrons. The van der Waals surface area contributed by atoms with Crippen LogP contribution in [0.25, 0.3) is 11.3 Å². The van der Waals surface area contributed by atoms with Gasteiger partial charge in [-0.1, -0.05) is 30.3 Å². The van der Waals surface area contributed by atoms with Gasteiger partial charge in [0.15, 0.2) is 0 Å². The van der Waals surface area contributed by atoms with Crippen LogP contribution in [0.15, 0.2) is 47.3 Å². The number of hydrogen-bond acceptors (Lipinski definition) is 3. The summed E-state index contributed by atoms with van der Waals surface area (Å²) in [5.74, 6) is -0.326. The summed E-state index contributed by atoms with van der Waals surface area (Å²) in [6, 6.07) is 12.7. The lowest BCUT2D eigenvalue weighted by atomic mass is 10.1. The van der Waals surface area contributed by atoms with E-state index < -0.39 is 11.7 Å². The molecule has 2 N–H and O–H groups in total. The highest BCUT2D eigenvalue weighted by atomic mass is 16.3. The van der Waals surface area contributed by atoms with Crippen molar-refractivity contribution in [1.29, 1.82) is 0 Å². The van der Waals surface area contributed by atoms with Crippen LogP contribution in [0.4, 0.5) is 0 Å². The van der Waals surface area contributed by atoms with Gasteiger partial charge >= 0.3 is 0 Å². The summed E-state index contributed by atoms with van der Waals surface area (Å²) >= 11 is 0. The standard InChI is InChI=1S/C16H16N2O3/c19-12-8-9-18(10-12)16(21)13-6-7-14(17-15(13)20)11-4-2-1-3-5-11/h1-7,12,19H,8-10H2,(H,17,20)/t12-/m1/s1. The average molecular weight is 284 g/mol. The lowest BCUT2D eigenvalue weighted by molar-refractivity contribution is 0.0763. The Morgan fingerprint density at radius 2 is 1.95 bits per heavy atom. The van der Waals surface area contributed by atoms with Crippen molar-refractivity contribution in [1.82, 2.24) is 9.88 Å². The third-order valence-electron chi connectivity index (χ3n) is 3.68. The van der Waals surface area contributed by atoms with E-state index in [1.807, 2.05) is 30.3 Å². The van der Waals surface area contributed by atoms with E-state index in [1.54, 1.807) is 12.1 Å². The van der Waals surface area contributed by atoms with Crippen LogP contribution in [0.3, 0.4) is 0 Å². The minimum Gasteiger partial charge on any atom is -0.391 e. The van der Waals surface area contributed by atoms with E-state index >= 15 is 0 Å². The Hall–Kier alpha value is -2.40. The number of carbonyl (C=O) groups is 1. The summed E-state index contributed by atoms with van der Waals surface area (Å²) in [5, 5.41) is 9.48. The van der Waals surface area contributed by atoms with Crippen LogP contribution >= 0.6 is 0 Å². The zero-order valence-corrected chi connectivity index (χ0v) is 11.5. The number of amides is 1. The van der Waals surface area contributed by atoms with Gasteiger partial charge in [-0.2, -0.15) is 0 Å². The molecule has 21 heavy (non-hydrogen) atoms. The maximum absolute atomic E-state index is 12.3. The normalized spacial score (nSPS) is 18.0. The Bertz CT molecular complexity index is 709. The number of aliphatic hydroxyl groups is 1. The van der Waals surface area contributed by atoms with Gasteiger partial charge in [-0.15, -0.1) is 0 Å². The van der Waals surface area contributed by atoms with Crippen LogP contribution in [0.1, 0.15) is 16.8 Å². The second-order valence-corrected chi connectivity index (χ2v) is 5.17. The molecule has 0 aliphatic carbocycles. The number of nitrogens with one attached hydrogen (secondary N) is 1. The van der Waals surface area contributed by atoms with E-state index in [1.165, 1.54) is 4.90 Å². The average Bonchev–Trinajstić information content (AvgIpc) is 2.94. The molecule has 0 radical (unpaired) electrons. The lowest BCUT2D eigenvalue weighted by Crippen LogP contribution is -2.33. The van der Waals surface area contributed by atoms with Gasteiger partial charge in [-0.25, -0.2) is 0 Å². The predicted molar refractivity (Wildman–Crippen MR) is 79.0 cm³/mol. The number of benzene rings is 1. The predicted octanol–water partition coefficient (Wildman–Crippen LogP) is 1.25. The maximum atomic E-state index is 12.3. The minimum absolute atomic E-state index is 0.115. The molecule has 2 heterocycles. The maximum Gasteiger partial charge on any atom is 0.261 e. The number of aliphatic hydroxyl groups excluding tert-OH is 1. The Balaban J connectivity index is 1.88. The molecule has 1 saturated heterocycles. The van der Waals surface area contributed by atoms with Gasteiger partial charge in [0.1, 0.15) is 5.56 Å². The van der Waals surface area contributed by atoms with E-state index in [0.717, 1.165) is 5.56 Å². The number of H-pyrrole nitrogens is 1. The highest BCUT2D eigenvalue weighted by Crippen LogP contribution is 2.16. The van der Waals surface area contributed by atoms with Crippen molar-refractivity contribution in [3.63, 3.8) is 0 Å². The number of aromatic amines is 1. The molecule has 5 heteroatoms. The number of carbonyl (C=O) groups excluding carboxylic acids is 1. The van der Waals surface area contributed by atoms with Crippen molar-refractivity contribution in [2.45, 2.75) is 12.5 Å². The van der Waals surface area contributed by atoms with E-state index in [-0.39, 0.29) is 11.5 Å². The fourth-order valence-corrected chi connectivity index (χ4v) is 2.52. The van der Waals surface area contributed by atoms with Gasteiger partial charge in [0.2, 0.25) is 0 Å². The molecule has 0 saturated carbocycles. The summed E-state index contributed by atoms with van der Waals surface area (Å²) in [5.41, 5.74) is 1.29. The highest BCUT2D eigenvalue weighted by Gasteiger charge is 2.26. The molecule has 1 aromatic carbocycles. The summed E-state index contributed by atoms with van der Waals surface area (Å²) in [4.78, 5) is 28.6. The van der Waals surface area contributed by atoms with Crippen molar-refractivity contribution >= 4 is 5.91 Å². The Labute approximate surface area is 121 Å². The number of β-amino-alcohol motifs (C(OH)–C–C–N with tert-alkyl or cyclic N) is 1. The van der Waals surface area contributed by atoms with Crippen molar-refractivity contribution < 1.29 is 9.90 Å². The van der Waals surface area contributed by atoms with E-state index in [4.69, 9.17) is 0 Å². The van der Waals surface area contributed by atoms with E-state index in [2.05, 4.69) is 4.98 Å². The Morgan fingerprint density at radius 3 is 2.57 bits per heavy atom. The Kier molecular flexibility index (Phi) is 3.58. The summed E-state index contributed by atoms with van der Waals surface area (Å²) in [6.07, 6.45) is 0.0720. The molecule has 0 unspecified atom stereocenters. The number of rotatable bonds is 2. The molecule has 1 aliphatic rings. The molecule has 1 amide bonds. The zero-order valence-electron chi connectivity index (χ0n) is 11.5. The molecule has 2 aromatic rings. The van der Waals surface area contributed by atoms with Gasteiger partial charge in [0.25, 0.3) is 11.5 Å². The Morgan fingerprint density at radius 1 is 1.19 bits per heavy atom. The van der Waals surface area contributed by atoms with Crippen LogP contribution in [0.5, 0.6) is 0 Å². The molecule has 1 fully saturated rings. The third-order valence-corrected chi connectivity index (χ3v) is 3.68. The molecule has 5 nitrogen and oxygen atoms in total. The van der Waals surface area contributed by atoms with Crippen LogP contribution in [-0.2, 0) is 0 Å². The van der Waals surface area contributed by atoms with Gasteiger partial charge in [0, 0.05) is 18.8 Å².